The van der Waals surface area contributed by atoms with E-state index in [9.17, 15) is 0 Å². The molecular weight excluding hydrogens is 256 g/mol. The van der Waals surface area contributed by atoms with E-state index in [1.165, 1.54) is 19.2 Å². The Morgan fingerprint density at radius 1 is 1.45 bits per heavy atom. The van der Waals surface area contributed by atoms with E-state index >= 15 is 0 Å². The molecule has 0 spiro atoms. The molecule has 1 aliphatic heterocycles. The molecule has 6 nitrogen and oxygen atoms in total. The molecule has 1 saturated carbocycles. The molecule has 1 atom stereocenters. The number of nitrogens with one attached hydrogen (secondary N) is 1. The molecule has 1 aromatic heterocycles. The van der Waals surface area contributed by atoms with Gasteiger partial charge in [0.2, 0.25) is 5.88 Å². The molecule has 0 amide bonds. The SMILES string of the molecule is CCOc1cc(NC[C@H]2CN(C3CC3)CCO2)ncn1. The molecule has 2 fully saturated rings. The standard InChI is InChI=1S/C14H22N4O2/c1-2-19-14-7-13(16-10-17-14)15-8-12-9-18(5-6-20-12)11-3-4-11/h7,10-12H,2-6,8-9H2,1H3,(H,15,16,17)/t12-/m0/s1. The van der Waals surface area contributed by atoms with Crippen molar-refractivity contribution in [3.05, 3.63) is 12.4 Å². The predicted molar refractivity (Wildman–Crippen MR) is 76.0 cm³/mol. The van der Waals surface area contributed by atoms with Crippen molar-refractivity contribution in [2.75, 3.05) is 38.2 Å². The van der Waals surface area contributed by atoms with Gasteiger partial charge in [-0.2, -0.15) is 0 Å². The molecule has 1 aromatic rings. The number of ether oxygens (including phenoxy) is 2. The summed E-state index contributed by atoms with van der Waals surface area (Å²) >= 11 is 0. The fourth-order valence-electron chi connectivity index (χ4n) is 2.52. The highest BCUT2D eigenvalue weighted by molar-refractivity contribution is 5.37. The van der Waals surface area contributed by atoms with Crippen molar-refractivity contribution < 1.29 is 9.47 Å². The van der Waals surface area contributed by atoms with Crippen LogP contribution < -0.4 is 10.1 Å². The van der Waals surface area contributed by atoms with Gasteiger partial charge in [0.05, 0.1) is 19.3 Å². The van der Waals surface area contributed by atoms with Gasteiger partial charge < -0.3 is 14.8 Å². The third kappa shape index (κ3) is 3.58. The molecule has 1 aliphatic carbocycles. The summed E-state index contributed by atoms with van der Waals surface area (Å²) in [6, 6.07) is 2.63. The molecule has 0 radical (unpaired) electrons. The normalized spacial score (nSPS) is 23.6. The lowest BCUT2D eigenvalue weighted by atomic mass is 10.2. The van der Waals surface area contributed by atoms with Crippen molar-refractivity contribution in [3.8, 4) is 5.88 Å². The van der Waals surface area contributed by atoms with E-state index in [-0.39, 0.29) is 6.10 Å². The summed E-state index contributed by atoms with van der Waals surface area (Å²) in [7, 11) is 0. The lowest BCUT2D eigenvalue weighted by Crippen LogP contribution is -2.46. The first-order valence-corrected chi connectivity index (χ1v) is 7.39. The Balaban J connectivity index is 1.49. The van der Waals surface area contributed by atoms with E-state index in [2.05, 4.69) is 20.2 Å². The first-order chi connectivity index (χ1) is 9.85. The Morgan fingerprint density at radius 2 is 2.35 bits per heavy atom. The summed E-state index contributed by atoms with van der Waals surface area (Å²) in [4.78, 5) is 10.8. The van der Waals surface area contributed by atoms with E-state index in [0.29, 0.717) is 12.5 Å². The van der Waals surface area contributed by atoms with Crippen molar-refractivity contribution in [3.63, 3.8) is 0 Å². The minimum absolute atomic E-state index is 0.231. The predicted octanol–water partition coefficient (Wildman–Crippen LogP) is 1.15. The maximum absolute atomic E-state index is 5.81. The molecule has 0 aromatic carbocycles. The highest BCUT2D eigenvalue weighted by Crippen LogP contribution is 2.28. The average Bonchev–Trinajstić information content (AvgIpc) is 3.31. The third-order valence-electron chi connectivity index (χ3n) is 3.68. The molecule has 2 heterocycles. The molecule has 20 heavy (non-hydrogen) atoms. The van der Waals surface area contributed by atoms with Crippen LogP contribution >= 0.6 is 0 Å². The van der Waals surface area contributed by atoms with Crippen LogP contribution in [0, 0.1) is 0 Å². The van der Waals surface area contributed by atoms with E-state index < -0.39 is 0 Å². The van der Waals surface area contributed by atoms with Gasteiger partial charge in [-0.1, -0.05) is 0 Å². The van der Waals surface area contributed by atoms with Crippen LogP contribution in [0.15, 0.2) is 12.4 Å². The molecule has 3 rings (SSSR count). The Kier molecular flexibility index (Phi) is 4.32. The van der Waals surface area contributed by atoms with Crippen LogP contribution in [0.2, 0.25) is 0 Å². The first-order valence-electron chi connectivity index (χ1n) is 7.39. The number of nitrogens with zero attached hydrogens (tertiary/aromatic N) is 3. The summed E-state index contributed by atoms with van der Waals surface area (Å²) in [6.45, 7) is 6.24. The highest BCUT2D eigenvalue weighted by Gasteiger charge is 2.32. The summed E-state index contributed by atoms with van der Waals surface area (Å²) in [6.07, 6.45) is 4.45. The van der Waals surface area contributed by atoms with Crippen LogP contribution in [0.1, 0.15) is 19.8 Å². The average molecular weight is 278 g/mol. The van der Waals surface area contributed by atoms with E-state index in [4.69, 9.17) is 9.47 Å². The van der Waals surface area contributed by atoms with Gasteiger partial charge in [0.15, 0.2) is 0 Å². The van der Waals surface area contributed by atoms with Gasteiger partial charge in [-0.3, -0.25) is 4.90 Å². The molecule has 0 unspecified atom stereocenters. The zero-order chi connectivity index (χ0) is 13.8. The van der Waals surface area contributed by atoms with Crippen LogP contribution in [0.5, 0.6) is 5.88 Å². The lowest BCUT2D eigenvalue weighted by molar-refractivity contribution is -0.0241. The molecular formula is C14H22N4O2. The maximum Gasteiger partial charge on any atom is 0.218 e. The van der Waals surface area contributed by atoms with E-state index in [1.807, 2.05) is 13.0 Å². The summed E-state index contributed by atoms with van der Waals surface area (Å²) in [5, 5.41) is 3.31. The van der Waals surface area contributed by atoms with Crippen molar-refractivity contribution in [2.24, 2.45) is 0 Å². The minimum atomic E-state index is 0.231. The van der Waals surface area contributed by atoms with E-state index in [0.717, 1.165) is 38.1 Å². The van der Waals surface area contributed by atoms with Crippen molar-refractivity contribution in [1.82, 2.24) is 14.9 Å². The van der Waals surface area contributed by atoms with Crippen molar-refractivity contribution in [1.29, 1.82) is 0 Å². The van der Waals surface area contributed by atoms with E-state index in [1.54, 1.807) is 0 Å². The second-order valence-corrected chi connectivity index (χ2v) is 5.27. The molecule has 6 heteroatoms. The number of hydrogen-bond donors (Lipinski definition) is 1. The molecule has 2 aliphatic rings. The quantitative estimate of drug-likeness (QED) is 0.842. The topological polar surface area (TPSA) is 59.5 Å². The van der Waals surface area contributed by atoms with Gasteiger partial charge in [-0.05, 0) is 19.8 Å². The van der Waals surface area contributed by atoms with Gasteiger partial charge >= 0.3 is 0 Å². The van der Waals surface area contributed by atoms with Crippen LogP contribution in [0.3, 0.4) is 0 Å². The summed E-state index contributed by atoms with van der Waals surface area (Å²) in [5.41, 5.74) is 0. The molecule has 0 bridgehead atoms. The largest absolute Gasteiger partial charge is 0.478 e. The second kappa shape index (κ2) is 6.37. The molecule has 1 N–H and O–H groups in total. The number of aromatic nitrogens is 2. The Labute approximate surface area is 119 Å². The van der Waals surface area contributed by atoms with Gasteiger partial charge in [0.25, 0.3) is 0 Å². The minimum Gasteiger partial charge on any atom is -0.478 e. The van der Waals surface area contributed by atoms with Crippen LogP contribution in [0.25, 0.3) is 0 Å². The monoisotopic (exact) mass is 278 g/mol. The van der Waals surface area contributed by atoms with Gasteiger partial charge in [-0.15, -0.1) is 0 Å². The summed E-state index contributed by atoms with van der Waals surface area (Å²) < 4.78 is 11.2. The maximum atomic E-state index is 5.81. The second-order valence-electron chi connectivity index (χ2n) is 5.27. The molecule has 1 saturated heterocycles. The number of anilines is 1. The van der Waals surface area contributed by atoms with Gasteiger partial charge in [0.1, 0.15) is 12.1 Å². The number of hydrogen-bond acceptors (Lipinski definition) is 6. The van der Waals surface area contributed by atoms with Crippen LogP contribution in [-0.4, -0.2) is 59.9 Å². The van der Waals surface area contributed by atoms with Crippen molar-refractivity contribution >= 4 is 5.82 Å². The highest BCUT2D eigenvalue weighted by atomic mass is 16.5. The Morgan fingerprint density at radius 3 is 3.15 bits per heavy atom. The van der Waals surface area contributed by atoms with Crippen LogP contribution in [0.4, 0.5) is 5.82 Å². The number of morpholine rings is 1. The Bertz CT molecular complexity index is 439. The summed E-state index contributed by atoms with van der Waals surface area (Å²) in [5.74, 6) is 1.39. The first kappa shape index (κ1) is 13.6. The smallest absolute Gasteiger partial charge is 0.218 e. The lowest BCUT2D eigenvalue weighted by Gasteiger charge is -2.33. The van der Waals surface area contributed by atoms with Crippen molar-refractivity contribution in [2.45, 2.75) is 31.9 Å². The number of rotatable bonds is 6. The zero-order valence-electron chi connectivity index (χ0n) is 11.9. The van der Waals surface area contributed by atoms with Gasteiger partial charge in [-0.25, -0.2) is 9.97 Å². The fraction of sp³-hybridized carbons (Fsp3) is 0.714. The Hall–Kier alpha value is -1.40. The molecule has 110 valence electrons. The van der Waals surface area contributed by atoms with Crippen LogP contribution in [-0.2, 0) is 4.74 Å². The third-order valence-corrected chi connectivity index (χ3v) is 3.68. The zero-order valence-corrected chi connectivity index (χ0v) is 11.9. The van der Waals surface area contributed by atoms with Gasteiger partial charge in [0, 0.05) is 31.7 Å². The fourth-order valence-corrected chi connectivity index (χ4v) is 2.52.